The standard InChI is InChI=1S/C32H30BrN7O3/c1-16-8-9-27(33)36-30(16)37-31(43)25-12-32(4)13-26(32)40(25)28(42)15-39-24-10-19-6-5-7-23-22(14-34-18(3)35-23)20(19)11-21(24)29(38-39)17(2)41/h5,7-11,14,25-26H,6,12-13,15H2,1-4H3,(H,36,37,43)/t25-,26+,32-/m0/s1. The molecule has 10 nitrogen and oxygen atoms in total. The van der Waals surface area contributed by atoms with Crippen LogP contribution in [0, 0.1) is 19.3 Å². The average molecular weight is 641 g/mol. The molecule has 3 aliphatic rings. The number of rotatable bonds is 5. The molecule has 1 aliphatic heterocycles. The second kappa shape index (κ2) is 9.90. The maximum atomic E-state index is 14.0. The van der Waals surface area contributed by atoms with Gasteiger partial charge in [0.25, 0.3) is 0 Å². The summed E-state index contributed by atoms with van der Waals surface area (Å²) in [7, 11) is 0. The van der Waals surface area contributed by atoms with E-state index in [0.717, 1.165) is 34.4 Å². The Labute approximate surface area is 256 Å². The molecule has 2 amide bonds. The molecular weight excluding hydrogens is 610 g/mol. The normalized spacial score (nSPS) is 21.7. The van der Waals surface area contributed by atoms with Gasteiger partial charge in [-0.05, 0) is 95.4 Å². The summed E-state index contributed by atoms with van der Waals surface area (Å²) in [4.78, 5) is 55.4. The molecule has 4 heterocycles. The number of Topliss-reactive ketones (excluding diaryl/α,β-unsaturated/α-hetero) is 1. The van der Waals surface area contributed by atoms with Crippen molar-refractivity contribution in [1.82, 2.24) is 29.6 Å². The molecule has 3 atom stereocenters. The molecule has 11 heteroatoms. The van der Waals surface area contributed by atoms with E-state index in [2.05, 4.69) is 54.3 Å². The van der Waals surface area contributed by atoms with Crippen molar-refractivity contribution in [1.29, 1.82) is 0 Å². The van der Waals surface area contributed by atoms with Crippen LogP contribution in [0.4, 0.5) is 5.82 Å². The highest BCUT2D eigenvalue weighted by atomic mass is 79.9. The number of pyridine rings is 1. The maximum absolute atomic E-state index is 14.0. The Hall–Kier alpha value is -4.25. The van der Waals surface area contributed by atoms with Crippen molar-refractivity contribution in [3.63, 3.8) is 0 Å². The smallest absolute Gasteiger partial charge is 0.248 e. The van der Waals surface area contributed by atoms with Gasteiger partial charge in [0.1, 0.15) is 34.5 Å². The minimum atomic E-state index is -0.619. The number of piperidine rings is 1. The molecule has 1 aromatic carbocycles. The Balaban J connectivity index is 1.23. The number of carbonyl (C=O) groups is 3. The number of aryl methyl sites for hydroxylation is 2. The number of ketones is 1. The lowest BCUT2D eigenvalue weighted by molar-refractivity contribution is -0.138. The van der Waals surface area contributed by atoms with Gasteiger partial charge in [0, 0.05) is 30.1 Å². The number of fused-ring (bicyclic) bond motifs is 5. The quantitative estimate of drug-likeness (QED) is 0.239. The molecule has 1 N–H and O–H groups in total. The second-order valence-electron chi connectivity index (χ2n) is 12.1. The molecule has 3 aromatic heterocycles. The highest BCUT2D eigenvalue weighted by molar-refractivity contribution is 9.10. The molecule has 218 valence electrons. The van der Waals surface area contributed by atoms with Crippen LogP contribution in [0.25, 0.3) is 28.1 Å². The fourth-order valence-electron chi connectivity index (χ4n) is 6.58. The maximum Gasteiger partial charge on any atom is 0.248 e. The van der Waals surface area contributed by atoms with E-state index >= 15 is 0 Å². The predicted molar refractivity (Wildman–Crippen MR) is 165 cm³/mol. The zero-order valence-corrected chi connectivity index (χ0v) is 25.9. The summed E-state index contributed by atoms with van der Waals surface area (Å²) in [5, 5.41) is 8.25. The number of amides is 2. The lowest BCUT2D eigenvalue weighted by Crippen LogP contribution is -2.47. The van der Waals surface area contributed by atoms with Gasteiger partial charge in [0.05, 0.1) is 11.2 Å². The monoisotopic (exact) mass is 639 g/mol. The molecule has 2 fully saturated rings. The van der Waals surface area contributed by atoms with E-state index in [1.54, 1.807) is 9.58 Å². The first kappa shape index (κ1) is 27.6. The molecule has 0 spiro atoms. The van der Waals surface area contributed by atoms with Crippen LogP contribution < -0.4 is 5.32 Å². The number of halogens is 1. The van der Waals surface area contributed by atoms with Crippen molar-refractivity contribution in [3.8, 4) is 11.1 Å². The van der Waals surface area contributed by atoms with Crippen molar-refractivity contribution < 1.29 is 14.4 Å². The molecule has 1 saturated heterocycles. The average Bonchev–Trinajstić information content (AvgIpc) is 3.41. The highest BCUT2D eigenvalue weighted by Crippen LogP contribution is 2.59. The molecule has 1 saturated carbocycles. The van der Waals surface area contributed by atoms with Crippen LogP contribution in [0.1, 0.15) is 59.8 Å². The van der Waals surface area contributed by atoms with Crippen LogP contribution >= 0.6 is 15.9 Å². The van der Waals surface area contributed by atoms with E-state index in [0.29, 0.717) is 45.7 Å². The molecule has 0 bridgehead atoms. The first-order chi connectivity index (χ1) is 20.5. The molecular formula is C32H30BrN7O3. The van der Waals surface area contributed by atoms with Crippen molar-refractivity contribution in [2.75, 3.05) is 5.32 Å². The summed E-state index contributed by atoms with van der Waals surface area (Å²) in [6.45, 7) is 7.26. The van der Waals surface area contributed by atoms with Crippen LogP contribution in [0.15, 0.2) is 41.1 Å². The number of aromatic nitrogens is 5. The number of carbonyl (C=O) groups excluding carboxylic acids is 3. The summed E-state index contributed by atoms with van der Waals surface area (Å²) < 4.78 is 2.23. The van der Waals surface area contributed by atoms with Crippen LogP contribution in [-0.4, -0.2) is 59.3 Å². The van der Waals surface area contributed by atoms with Gasteiger partial charge in [-0.3, -0.25) is 19.1 Å². The van der Waals surface area contributed by atoms with Gasteiger partial charge in [-0.25, -0.2) is 15.0 Å². The number of likely N-dealkylation sites (tertiary alicyclic amines) is 1. The zero-order valence-electron chi connectivity index (χ0n) is 24.3. The molecule has 0 unspecified atom stereocenters. The summed E-state index contributed by atoms with van der Waals surface area (Å²) in [6.07, 6.45) is 7.97. The van der Waals surface area contributed by atoms with Gasteiger partial charge in [0.2, 0.25) is 11.8 Å². The summed E-state index contributed by atoms with van der Waals surface area (Å²) in [5.74, 6) is 0.520. The molecule has 0 radical (unpaired) electrons. The zero-order chi connectivity index (χ0) is 30.2. The first-order valence-corrected chi connectivity index (χ1v) is 15.1. The molecule has 43 heavy (non-hydrogen) atoms. The SMILES string of the molecule is CC(=O)c1nn(CC(=O)N2[C@H](C(=O)Nc3nc(Br)ccc3C)C[C@@]3(C)C[C@@H]23)c2cc3c(cc12)-c1cnc(C)nc1C=CC3. The van der Waals surface area contributed by atoms with E-state index in [4.69, 9.17) is 0 Å². The topological polar surface area (TPSA) is 123 Å². The highest BCUT2D eigenvalue weighted by Gasteiger charge is 2.64. The Morgan fingerprint density at radius 1 is 1.12 bits per heavy atom. The van der Waals surface area contributed by atoms with Gasteiger partial charge in [-0.1, -0.05) is 19.1 Å². The lowest BCUT2D eigenvalue weighted by atomic mass is 9.96. The lowest BCUT2D eigenvalue weighted by Gasteiger charge is -2.27. The van der Waals surface area contributed by atoms with Gasteiger partial charge >= 0.3 is 0 Å². The van der Waals surface area contributed by atoms with E-state index in [1.165, 1.54) is 6.92 Å². The third-order valence-electron chi connectivity index (χ3n) is 8.97. The van der Waals surface area contributed by atoms with Crippen molar-refractivity contribution in [2.24, 2.45) is 5.41 Å². The molecule has 4 aromatic rings. The minimum Gasteiger partial charge on any atom is -0.325 e. The van der Waals surface area contributed by atoms with E-state index in [9.17, 15) is 14.4 Å². The number of benzene rings is 1. The third kappa shape index (κ3) is 4.66. The number of hydrogen-bond acceptors (Lipinski definition) is 7. The van der Waals surface area contributed by atoms with E-state index < -0.39 is 6.04 Å². The predicted octanol–water partition coefficient (Wildman–Crippen LogP) is 5.06. The van der Waals surface area contributed by atoms with Crippen LogP contribution in [-0.2, 0) is 22.6 Å². The van der Waals surface area contributed by atoms with Gasteiger partial charge in [0.15, 0.2) is 5.78 Å². The Bertz CT molecular complexity index is 1910. The van der Waals surface area contributed by atoms with Crippen LogP contribution in [0.3, 0.4) is 0 Å². The number of allylic oxidation sites excluding steroid dienone is 1. The fraction of sp³-hybridized carbons (Fsp3) is 0.344. The summed E-state index contributed by atoms with van der Waals surface area (Å²) >= 11 is 3.37. The molecule has 7 rings (SSSR count). The van der Waals surface area contributed by atoms with Crippen molar-refractivity contribution in [3.05, 3.63) is 69.5 Å². The van der Waals surface area contributed by atoms with Crippen LogP contribution in [0.2, 0.25) is 0 Å². The van der Waals surface area contributed by atoms with E-state index in [1.807, 2.05) is 50.4 Å². The largest absolute Gasteiger partial charge is 0.325 e. The Kier molecular flexibility index (Phi) is 6.35. The summed E-state index contributed by atoms with van der Waals surface area (Å²) in [5.41, 5.74) is 5.45. The van der Waals surface area contributed by atoms with Crippen LogP contribution in [0.5, 0.6) is 0 Å². The van der Waals surface area contributed by atoms with E-state index in [-0.39, 0.29) is 35.6 Å². The number of nitrogens with one attached hydrogen (secondary N) is 1. The number of anilines is 1. The van der Waals surface area contributed by atoms with Gasteiger partial charge in [-0.15, -0.1) is 0 Å². The van der Waals surface area contributed by atoms with Gasteiger partial charge < -0.3 is 10.2 Å². The Morgan fingerprint density at radius 2 is 1.93 bits per heavy atom. The summed E-state index contributed by atoms with van der Waals surface area (Å²) in [6, 6.07) is 7.04. The van der Waals surface area contributed by atoms with Crippen molar-refractivity contribution >= 4 is 56.3 Å². The third-order valence-corrected chi connectivity index (χ3v) is 9.41. The van der Waals surface area contributed by atoms with Crippen molar-refractivity contribution in [2.45, 2.75) is 65.6 Å². The van der Waals surface area contributed by atoms with Gasteiger partial charge in [-0.2, -0.15) is 5.10 Å². The number of nitrogens with zero attached hydrogens (tertiary/aromatic N) is 6. The second-order valence-corrected chi connectivity index (χ2v) is 12.9. The molecule has 2 aliphatic carbocycles. The first-order valence-electron chi connectivity index (χ1n) is 14.3. The Morgan fingerprint density at radius 3 is 2.72 bits per heavy atom. The minimum absolute atomic E-state index is 0.0113. The number of hydrogen-bond donors (Lipinski definition) is 1. The fourth-order valence-corrected chi connectivity index (χ4v) is 6.89.